The smallest absolute Gasteiger partial charge is 0.240 e. The molecule has 0 fully saturated rings. The number of amides is 1. The molecule has 5 nitrogen and oxygen atoms in total. The lowest BCUT2D eigenvalue weighted by atomic mass is 10.1. The monoisotopic (exact) mass is 211 g/mol. The summed E-state index contributed by atoms with van der Waals surface area (Å²) in [5, 5.41) is 9.43. The van der Waals surface area contributed by atoms with Crippen LogP contribution in [0.3, 0.4) is 0 Å². The van der Waals surface area contributed by atoms with Crippen molar-refractivity contribution in [2.75, 3.05) is 7.05 Å². The molecular formula is C10H17N3O2. The standard InChI is InChI=1S/C10H17N3O2/c1-7-5-8(15-13-7)6-12-9(14)10(2,3)11-4/h5,11H,6H2,1-4H3,(H,12,14). The fourth-order valence-electron chi connectivity index (χ4n) is 1.00. The van der Waals surface area contributed by atoms with Gasteiger partial charge in [-0.15, -0.1) is 0 Å². The molecule has 0 aromatic carbocycles. The largest absolute Gasteiger partial charge is 0.359 e. The van der Waals surface area contributed by atoms with Crippen LogP contribution in [0.15, 0.2) is 10.6 Å². The van der Waals surface area contributed by atoms with Crippen molar-refractivity contribution in [1.29, 1.82) is 0 Å². The highest BCUT2D eigenvalue weighted by molar-refractivity contribution is 5.85. The van der Waals surface area contributed by atoms with Gasteiger partial charge in [-0.25, -0.2) is 0 Å². The molecule has 1 aromatic rings. The van der Waals surface area contributed by atoms with Crippen molar-refractivity contribution in [1.82, 2.24) is 15.8 Å². The summed E-state index contributed by atoms with van der Waals surface area (Å²) in [6, 6.07) is 1.80. The summed E-state index contributed by atoms with van der Waals surface area (Å²) < 4.78 is 4.98. The minimum atomic E-state index is -0.574. The van der Waals surface area contributed by atoms with E-state index in [-0.39, 0.29) is 5.91 Å². The summed E-state index contributed by atoms with van der Waals surface area (Å²) >= 11 is 0. The first kappa shape index (κ1) is 11.7. The van der Waals surface area contributed by atoms with E-state index in [2.05, 4.69) is 15.8 Å². The third-order valence-corrected chi connectivity index (χ3v) is 2.29. The number of likely N-dealkylation sites (N-methyl/N-ethyl adjacent to an activating group) is 1. The molecule has 0 radical (unpaired) electrons. The first-order valence-corrected chi connectivity index (χ1v) is 4.85. The van der Waals surface area contributed by atoms with Gasteiger partial charge in [0.25, 0.3) is 0 Å². The molecule has 0 spiro atoms. The van der Waals surface area contributed by atoms with E-state index in [9.17, 15) is 4.79 Å². The normalized spacial score (nSPS) is 11.5. The van der Waals surface area contributed by atoms with Crippen LogP contribution >= 0.6 is 0 Å². The third kappa shape index (κ3) is 3.06. The van der Waals surface area contributed by atoms with Crippen LogP contribution in [-0.4, -0.2) is 23.7 Å². The van der Waals surface area contributed by atoms with Crippen LogP contribution in [0.2, 0.25) is 0 Å². The van der Waals surface area contributed by atoms with Gasteiger partial charge in [0.05, 0.1) is 17.8 Å². The van der Waals surface area contributed by atoms with Crippen molar-refractivity contribution in [3.05, 3.63) is 17.5 Å². The molecule has 0 aliphatic carbocycles. The number of aromatic nitrogens is 1. The van der Waals surface area contributed by atoms with E-state index in [4.69, 9.17) is 4.52 Å². The van der Waals surface area contributed by atoms with Crippen LogP contribution in [0.5, 0.6) is 0 Å². The molecule has 0 aliphatic rings. The Morgan fingerprint density at radius 3 is 2.73 bits per heavy atom. The molecule has 0 bridgehead atoms. The zero-order valence-electron chi connectivity index (χ0n) is 9.55. The molecule has 0 unspecified atom stereocenters. The van der Waals surface area contributed by atoms with Crippen LogP contribution in [0, 0.1) is 6.92 Å². The number of rotatable bonds is 4. The van der Waals surface area contributed by atoms with E-state index in [1.54, 1.807) is 13.1 Å². The van der Waals surface area contributed by atoms with Gasteiger partial charge in [0.1, 0.15) is 0 Å². The molecular weight excluding hydrogens is 194 g/mol. The van der Waals surface area contributed by atoms with E-state index < -0.39 is 5.54 Å². The van der Waals surface area contributed by atoms with Crippen molar-refractivity contribution < 1.29 is 9.32 Å². The average Bonchev–Trinajstić information content (AvgIpc) is 2.60. The lowest BCUT2D eigenvalue weighted by Gasteiger charge is -2.22. The van der Waals surface area contributed by atoms with Crippen LogP contribution < -0.4 is 10.6 Å². The second-order valence-electron chi connectivity index (χ2n) is 3.99. The molecule has 1 rings (SSSR count). The summed E-state index contributed by atoms with van der Waals surface area (Å²) in [4.78, 5) is 11.6. The summed E-state index contributed by atoms with van der Waals surface area (Å²) in [6.07, 6.45) is 0. The van der Waals surface area contributed by atoms with E-state index in [0.29, 0.717) is 12.3 Å². The lowest BCUT2D eigenvalue weighted by molar-refractivity contribution is -0.126. The second-order valence-corrected chi connectivity index (χ2v) is 3.99. The molecule has 2 N–H and O–H groups in total. The molecule has 0 atom stereocenters. The van der Waals surface area contributed by atoms with Gasteiger partial charge in [-0.05, 0) is 27.8 Å². The predicted octanol–water partition coefficient (Wildman–Crippen LogP) is 0.597. The number of carbonyl (C=O) groups is 1. The van der Waals surface area contributed by atoms with Gasteiger partial charge in [-0.2, -0.15) is 0 Å². The van der Waals surface area contributed by atoms with Gasteiger partial charge in [-0.3, -0.25) is 4.79 Å². The predicted molar refractivity (Wildman–Crippen MR) is 56.2 cm³/mol. The van der Waals surface area contributed by atoms with Crippen molar-refractivity contribution in [3.63, 3.8) is 0 Å². The zero-order chi connectivity index (χ0) is 11.5. The first-order valence-electron chi connectivity index (χ1n) is 4.85. The highest BCUT2D eigenvalue weighted by atomic mass is 16.5. The van der Waals surface area contributed by atoms with Gasteiger partial charge in [0.2, 0.25) is 5.91 Å². The van der Waals surface area contributed by atoms with Gasteiger partial charge in [0, 0.05) is 6.07 Å². The molecule has 5 heteroatoms. The van der Waals surface area contributed by atoms with E-state index in [0.717, 1.165) is 5.69 Å². The Labute approximate surface area is 89.2 Å². The van der Waals surface area contributed by atoms with Gasteiger partial charge >= 0.3 is 0 Å². The minimum Gasteiger partial charge on any atom is -0.359 e. The van der Waals surface area contributed by atoms with Gasteiger partial charge < -0.3 is 15.2 Å². The average molecular weight is 211 g/mol. The van der Waals surface area contributed by atoms with Crippen molar-refractivity contribution in [2.24, 2.45) is 0 Å². The summed E-state index contributed by atoms with van der Waals surface area (Å²) in [5.41, 5.74) is 0.238. The molecule has 1 aromatic heterocycles. The first-order chi connectivity index (χ1) is 6.95. The molecule has 0 aliphatic heterocycles. The van der Waals surface area contributed by atoms with Crippen molar-refractivity contribution >= 4 is 5.91 Å². The fourth-order valence-corrected chi connectivity index (χ4v) is 1.00. The quantitative estimate of drug-likeness (QED) is 0.765. The maximum absolute atomic E-state index is 11.6. The van der Waals surface area contributed by atoms with Crippen LogP contribution in [0.1, 0.15) is 25.3 Å². The maximum Gasteiger partial charge on any atom is 0.240 e. The van der Waals surface area contributed by atoms with E-state index in [1.165, 1.54) is 0 Å². The Kier molecular flexibility index (Phi) is 3.47. The lowest BCUT2D eigenvalue weighted by Crippen LogP contribution is -2.50. The Morgan fingerprint density at radius 2 is 2.27 bits per heavy atom. The highest BCUT2D eigenvalue weighted by Gasteiger charge is 2.24. The molecule has 84 valence electrons. The number of nitrogens with one attached hydrogen (secondary N) is 2. The number of hydrogen-bond acceptors (Lipinski definition) is 4. The number of hydrogen-bond donors (Lipinski definition) is 2. The topological polar surface area (TPSA) is 67.2 Å². The zero-order valence-corrected chi connectivity index (χ0v) is 9.55. The summed E-state index contributed by atoms with van der Waals surface area (Å²) in [7, 11) is 1.75. The van der Waals surface area contributed by atoms with Crippen LogP contribution in [0.25, 0.3) is 0 Å². The summed E-state index contributed by atoms with van der Waals surface area (Å²) in [6.45, 7) is 5.83. The molecule has 1 amide bonds. The van der Waals surface area contributed by atoms with Crippen LogP contribution in [-0.2, 0) is 11.3 Å². The molecule has 0 saturated carbocycles. The van der Waals surface area contributed by atoms with Crippen molar-refractivity contribution in [3.8, 4) is 0 Å². The van der Waals surface area contributed by atoms with Crippen molar-refractivity contribution in [2.45, 2.75) is 32.9 Å². The minimum absolute atomic E-state index is 0.0703. The number of nitrogens with zero attached hydrogens (tertiary/aromatic N) is 1. The second kappa shape index (κ2) is 4.44. The fraction of sp³-hybridized carbons (Fsp3) is 0.600. The van der Waals surface area contributed by atoms with E-state index in [1.807, 2.05) is 20.8 Å². The maximum atomic E-state index is 11.6. The molecule has 15 heavy (non-hydrogen) atoms. The Hall–Kier alpha value is -1.36. The van der Waals surface area contributed by atoms with Crippen LogP contribution in [0.4, 0.5) is 0 Å². The number of carbonyl (C=O) groups excluding carboxylic acids is 1. The highest BCUT2D eigenvalue weighted by Crippen LogP contribution is 2.04. The Bertz CT molecular complexity index is 344. The SMILES string of the molecule is CNC(C)(C)C(=O)NCc1cc(C)no1. The Balaban J connectivity index is 2.47. The molecule has 0 saturated heterocycles. The molecule has 1 heterocycles. The number of aryl methyl sites for hydroxylation is 1. The third-order valence-electron chi connectivity index (χ3n) is 2.29. The summed E-state index contributed by atoms with van der Waals surface area (Å²) in [5.74, 6) is 0.590. The van der Waals surface area contributed by atoms with Gasteiger partial charge in [0.15, 0.2) is 5.76 Å². The Morgan fingerprint density at radius 1 is 1.60 bits per heavy atom. The van der Waals surface area contributed by atoms with Gasteiger partial charge in [-0.1, -0.05) is 5.16 Å². The van der Waals surface area contributed by atoms with E-state index >= 15 is 0 Å².